The first-order chi connectivity index (χ1) is 16.8. The Labute approximate surface area is 221 Å². The van der Waals surface area contributed by atoms with Crippen molar-refractivity contribution in [1.82, 2.24) is 10.3 Å². The normalized spacial score (nSPS) is 11.9. The minimum absolute atomic E-state index is 0.103. The maximum atomic E-state index is 13.6. The van der Waals surface area contributed by atoms with Gasteiger partial charge in [0.2, 0.25) is 0 Å². The summed E-state index contributed by atoms with van der Waals surface area (Å²) in [6, 6.07) is 22.7. The third-order valence-electron chi connectivity index (χ3n) is 5.57. The second kappa shape index (κ2) is 11.2. The Hall–Kier alpha value is -2.87. The highest BCUT2D eigenvalue weighted by atomic mass is 79.9. The standard InChI is InChI=1S/C27H22BrClN2O3S/c1-16-25(20-13-18(28)11-12-22(20)31-26(16)17-7-3-2-4-8-17)27(34)30-14-23(35-15-24(32)33)19-9-5-6-10-21(19)29/h2-13,23H,14-15H2,1H3,(H,30,34)(H,32,33). The molecule has 0 aliphatic carbocycles. The van der Waals surface area contributed by atoms with E-state index in [4.69, 9.17) is 16.6 Å². The van der Waals surface area contributed by atoms with E-state index in [0.29, 0.717) is 16.1 Å². The van der Waals surface area contributed by atoms with E-state index < -0.39 is 5.97 Å². The van der Waals surface area contributed by atoms with Crippen LogP contribution in [0, 0.1) is 6.92 Å². The van der Waals surface area contributed by atoms with Gasteiger partial charge in [0.05, 0.1) is 22.5 Å². The van der Waals surface area contributed by atoms with Gasteiger partial charge in [-0.05, 0) is 42.3 Å². The van der Waals surface area contributed by atoms with Gasteiger partial charge in [0.15, 0.2) is 0 Å². The number of benzene rings is 3. The average molecular weight is 570 g/mol. The lowest BCUT2D eigenvalue weighted by Crippen LogP contribution is -2.29. The van der Waals surface area contributed by atoms with E-state index in [1.54, 1.807) is 6.07 Å². The molecule has 1 heterocycles. The van der Waals surface area contributed by atoms with Gasteiger partial charge >= 0.3 is 5.97 Å². The predicted octanol–water partition coefficient (Wildman–Crippen LogP) is 6.92. The van der Waals surface area contributed by atoms with Crippen molar-refractivity contribution in [2.75, 3.05) is 12.3 Å². The monoisotopic (exact) mass is 568 g/mol. The summed E-state index contributed by atoms with van der Waals surface area (Å²) in [4.78, 5) is 29.7. The molecule has 0 saturated heterocycles. The molecule has 0 aliphatic heterocycles. The first-order valence-electron chi connectivity index (χ1n) is 10.9. The highest BCUT2D eigenvalue weighted by Crippen LogP contribution is 2.34. The van der Waals surface area contributed by atoms with Gasteiger partial charge in [0.1, 0.15) is 0 Å². The molecule has 5 nitrogen and oxygen atoms in total. The molecule has 3 aromatic carbocycles. The smallest absolute Gasteiger partial charge is 0.313 e. The van der Waals surface area contributed by atoms with Gasteiger partial charge in [-0.25, -0.2) is 4.98 Å². The Morgan fingerprint density at radius 2 is 1.80 bits per heavy atom. The molecule has 2 N–H and O–H groups in total. The fourth-order valence-corrected chi connectivity index (χ4v) is 5.56. The number of nitrogens with one attached hydrogen (secondary N) is 1. The summed E-state index contributed by atoms with van der Waals surface area (Å²) >= 11 is 11.1. The third-order valence-corrected chi connectivity index (χ3v) is 7.65. The molecular formula is C27H22BrClN2O3S. The van der Waals surface area contributed by atoms with Crippen molar-refractivity contribution in [1.29, 1.82) is 0 Å². The molecule has 1 aromatic heterocycles. The lowest BCUT2D eigenvalue weighted by atomic mass is 9.97. The number of hydrogen-bond acceptors (Lipinski definition) is 4. The van der Waals surface area contributed by atoms with Crippen LogP contribution < -0.4 is 5.32 Å². The van der Waals surface area contributed by atoms with Gasteiger partial charge in [0, 0.05) is 32.2 Å². The molecule has 8 heteroatoms. The first-order valence-corrected chi connectivity index (χ1v) is 13.1. The van der Waals surface area contributed by atoms with Gasteiger partial charge in [-0.15, -0.1) is 11.8 Å². The summed E-state index contributed by atoms with van der Waals surface area (Å²) in [7, 11) is 0. The second-order valence-electron chi connectivity index (χ2n) is 7.91. The van der Waals surface area contributed by atoms with Crippen molar-refractivity contribution >= 4 is 62.1 Å². The number of pyridine rings is 1. The molecule has 0 saturated carbocycles. The van der Waals surface area contributed by atoms with E-state index >= 15 is 0 Å². The minimum atomic E-state index is -0.924. The van der Waals surface area contributed by atoms with Crippen LogP contribution in [-0.2, 0) is 4.79 Å². The van der Waals surface area contributed by atoms with Gasteiger partial charge in [-0.1, -0.05) is 76.1 Å². The number of fused-ring (bicyclic) bond motifs is 1. The number of thioether (sulfide) groups is 1. The van der Waals surface area contributed by atoms with Crippen LogP contribution >= 0.6 is 39.3 Å². The summed E-state index contributed by atoms with van der Waals surface area (Å²) in [5.74, 6) is -1.28. The molecular weight excluding hydrogens is 548 g/mol. The highest BCUT2D eigenvalue weighted by Gasteiger charge is 2.22. The number of amides is 1. The van der Waals surface area contributed by atoms with Crippen molar-refractivity contribution in [3.63, 3.8) is 0 Å². The number of carbonyl (C=O) groups is 2. The summed E-state index contributed by atoms with van der Waals surface area (Å²) < 4.78 is 0.846. The molecule has 0 aliphatic rings. The van der Waals surface area contributed by atoms with E-state index in [0.717, 1.165) is 32.2 Å². The van der Waals surface area contributed by atoms with Crippen LogP contribution in [0.25, 0.3) is 22.2 Å². The zero-order valence-corrected chi connectivity index (χ0v) is 22.0. The van der Waals surface area contributed by atoms with Gasteiger partial charge in [0.25, 0.3) is 5.91 Å². The zero-order valence-electron chi connectivity index (χ0n) is 18.8. The van der Waals surface area contributed by atoms with E-state index in [9.17, 15) is 14.7 Å². The van der Waals surface area contributed by atoms with E-state index in [-0.39, 0.29) is 23.5 Å². The fourth-order valence-electron chi connectivity index (χ4n) is 3.94. The van der Waals surface area contributed by atoms with Crippen molar-refractivity contribution in [2.45, 2.75) is 12.2 Å². The van der Waals surface area contributed by atoms with Crippen LogP contribution in [0.15, 0.2) is 77.3 Å². The zero-order chi connectivity index (χ0) is 24.9. The Kier molecular flexibility index (Phi) is 8.11. The third kappa shape index (κ3) is 5.86. The minimum Gasteiger partial charge on any atom is -0.481 e. The number of halogens is 2. The lowest BCUT2D eigenvalue weighted by Gasteiger charge is -2.20. The van der Waals surface area contributed by atoms with E-state index in [1.807, 2.05) is 73.7 Å². The summed E-state index contributed by atoms with van der Waals surface area (Å²) in [6.07, 6.45) is 0. The van der Waals surface area contributed by atoms with E-state index in [1.165, 1.54) is 11.8 Å². The number of aliphatic carboxylic acids is 1. The van der Waals surface area contributed by atoms with Crippen LogP contribution in [-0.4, -0.2) is 34.3 Å². The molecule has 0 bridgehead atoms. The second-order valence-corrected chi connectivity index (χ2v) is 10.4. The molecule has 35 heavy (non-hydrogen) atoms. The lowest BCUT2D eigenvalue weighted by molar-refractivity contribution is -0.133. The fraction of sp³-hybridized carbons (Fsp3) is 0.148. The number of rotatable bonds is 8. The van der Waals surface area contributed by atoms with Crippen LogP contribution in [0.1, 0.15) is 26.7 Å². The molecule has 4 rings (SSSR count). The number of carboxylic acid groups (broad SMARTS) is 1. The molecule has 178 valence electrons. The molecule has 4 aromatic rings. The Morgan fingerprint density at radius 3 is 2.51 bits per heavy atom. The van der Waals surface area contributed by atoms with Crippen LogP contribution in [0.5, 0.6) is 0 Å². The van der Waals surface area contributed by atoms with Gasteiger partial charge in [-0.2, -0.15) is 0 Å². The number of nitrogens with zero attached hydrogens (tertiary/aromatic N) is 1. The average Bonchev–Trinajstić information content (AvgIpc) is 2.84. The molecule has 1 unspecified atom stereocenters. The van der Waals surface area contributed by atoms with E-state index in [2.05, 4.69) is 21.2 Å². The quantitative estimate of drug-likeness (QED) is 0.241. The molecule has 0 radical (unpaired) electrons. The maximum absolute atomic E-state index is 13.6. The number of carboxylic acids is 1. The Balaban J connectivity index is 1.71. The Bertz CT molecular complexity index is 1400. The van der Waals surface area contributed by atoms with Crippen LogP contribution in [0.2, 0.25) is 5.02 Å². The first kappa shape index (κ1) is 25.2. The SMILES string of the molecule is Cc1c(-c2ccccc2)nc2ccc(Br)cc2c1C(=O)NCC(SCC(=O)O)c1ccccc1Cl. The molecule has 1 amide bonds. The molecule has 0 fully saturated rings. The molecule has 1 atom stereocenters. The van der Waals surface area contributed by atoms with Crippen molar-refractivity contribution in [3.8, 4) is 11.3 Å². The van der Waals surface area contributed by atoms with Crippen molar-refractivity contribution in [3.05, 3.63) is 99.0 Å². The summed E-state index contributed by atoms with van der Waals surface area (Å²) in [5, 5.41) is 13.2. The van der Waals surface area contributed by atoms with Crippen LogP contribution in [0.3, 0.4) is 0 Å². The highest BCUT2D eigenvalue weighted by molar-refractivity contribution is 9.10. The largest absolute Gasteiger partial charge is 0.481 e. The topological polar surface area (TPSA) is 79.3 Å². The number of carbonyl (C=O) groups excluding carboxylic acids is 1. The summed E-state index contributed by atoms with van der Waals surface area (Å²) in [6.45, 7) is 2.12. The number of aromatic nitrogens is 1. The molecule has 0 spiro atoms. The van der Waals surface area contributed by atoms with Crippen molar-refractivity contribution < 1.29 is 14.7 Å². The number of hydrogen-bond donors (Lipinski definition) is 2. The maximum Gasteiger partial charge on any atom is 0.313 e. The van der Waals surface area contributed by atoms with Crippen molar-refractivity contribution in [2.24, 2.45) is 0 Å². The van der Waals surface area contributed by atoms with Gasteiger partial charge in [-0.3, -0.25) is 9.59 Å². The van der Waals surface area contributed by atoms with Gasteiger partial charge < -0.3 is 10.4 Å². The predicted molar refractivity (Wildman–Crippen MR) is 146 cm³/mol. The van der Waals surface area contributed by atoms with Crippen LogP contribution in [0.4, 0.5) is 0 Å². The summed E-state index contributed by atoms with van der Waals surface area (Å²) in [5.41, 5.74) is 4.47. The Morgan fingerprint density at radius 1 is 1.09 bits per heavy atom.